The van der Waals surface area contributed by atoms with Gasteiger partial charge in [-0.3, -0.25) is 0 Å². The Hall–Kier alpha value is -1.77. The second-order valence-electron chi connectivity index (χ2n) is 8.04. The number of benzene rings is 2. The molecule has 0 saturated heterocycles. The van der Waals surface area contributed by atoms with E-state index in [1.807, 2.05) is 24.3 Å². The molecule has 0 aliphatic heterocycles. The van der Waals surface area contributed by atoms with Gasteiger partial charge in [0, 0.05) is 32.2 Å². The van der Waals surface area contributed by atoms with Crippen LogP contribution < -0.4 is 0 Å². The Bertz CT molecular complexity index is 866. The Morgan fingerprint density at radius 1 is 1.00 bits per heavy atom. The molecule has 0 unspecified atom stereocenters. The van der Waals surface area contributed by atoms with Crippen LogP contribution >= 0.6 is 0 Å². The maximum Gasteiger partial charge on any atom is 0.129 e. The Morgan fingerprint density at radius 3 is 2.19 bits per heavy atom. The Labute approximate surface area is 170 Å². The number of hydrogen-bond donors (Lipinski definition) is 0. The second-order valence-corrected chi connectivity index (χ2v) is 8.04. The van der Waals surface area contributed by atoms with E-state index >= 15 is 0 Å². The van der Waals surface area contributed by atoms with E-state index in [2.05, 4.69) is 74.5 Å². The summed E-state index contributed by atoms with van der Waals surface area (Å²) in [5.74, 6) is 1.85. The first-order chi connectivity index (χ1) is 11.8. The smallest absolute Gasteiger partial charge is 0.129 e. The van der Waals surface area contributed by atoms with E-state index in [1.165, 1.54) is 22.4 Å². The molecule has 0 atom stereocenters. The SMILES string of the molecule is Cc1cc(C)c(-n2c(CC(C)(C)C)nnc2-c2[c-]cccc2)c(C)c1.[Ir]. The van der Waals surface area contributed by atoms with Crippen LogP contribution in [0, 0.1) is 32.3 Å². The first-order valence-corrected chi connectivity index (χ1v) is 8.76. The summed E-state index contributed by atoms with van der Waals surface area (Å²) in [4.78, 5) is 0. The van der Waals surface area contributed by atoms with Gasteiger partial charge >= 0.3 is 0 Å². The molecule has 0 aliphatic rings. The van der Waals surface area contributed by atoms with Gasteiger partial charge in [-0.25, -0.2) is 0 Å². The molecular formula is C22H26IrN3-. The van der Waals surface area contributed by atoms with Gasteiger partial charge in [-0.1, -0.05) is 38.5 Å². The summed E-state index contributed by atoms with van der Waals surface area (Å²) in [7, 11) is 0. The zero-order valence-electron chi connectivity index (χ0n) is 16.3. The molecule has 3 nitrogen and oxygen atoms in total. The normalized spacial score (nSPS) is 11.3. The Kier molecular flexibility index (Phi) is 6.20. The van der Waals surface area contributed by atoms with E-state index in [0.29, 0.717) is 0 Å². The van der Waals surface area contributed by atoms with Gasteiger partial charge in [0.15, 0.2) is 0 Å². The molecule has 1 heterocycles. The zero-order valence-corrected chi connectivity index (χ0v) is 18.7. The summed E-state index contributed by atoms with van der Waals surface area (Å²) < 4.78 is 2.22. The van der Waals surface area contributed by atoms with E-state index in [1.54, 1.807) is 0 Å². The number of rotatable bonds is 3. The molecule has 26 heavy (non-hydrogen) atoms. The van der Waals surface area contributed by atoms with Crippen molar-refractivity contribution in [3.63, 3.8) is 0 Å². The van der Waals surface area contributed by atoms with Crippen molar-refractivity contribution in [1.82, 2.24) is 14.8 Å². The van der Waals surface area contributed by atoms with Crippen LogP contribution in [0.3, 0.4) is 0 Å². The van der Waals surface area contributed by atoms with Crippen molar-refractivity contribution in [3.05, 3.63) is 65.0 Å². The minimum absolute atomic E-state index is 0. The van der Waals surface area contributed by atoms with Gasteiger partial charge in [0.25, 0.3) is 0 Å². The minimum Gasteiger partial charge on any atom is -0.320 e. The fraction of sp³-hybridized carbons (Fsp3) is 0.364. The maximum atomic E-state index is 4.55. The molecule has 2 aromatic carbocycles. The van der Waals surface area contributed by atoms with Crippen molar-refractivity contribution >= 4 is 0 Å². The molecule has 4 heteroatoms. The monoisotopic (exact) mass is 525 g/mol. The van der Waals surface area contributed by atoms with E-state index in [-0.39, 0.29) is 25.5 Å². The van der Waals surface area contributed by atoms with Crippen molar-refractivity contribution in [2.24, 2.45) is 5.41 Å². The van der Waals surface area contributed by atoms with Gasteiger partial charge < -0.3 is 4.57 Å². The van der Waals surface area contributed by atoms with Crippen molar-refractivity contribution in [2.75, 3.05) is 0 Å². The van der Waals surface area contributed by atoms with Crippen LogP contribution in [-0.2, 0) is 26.5 Å². The summed E-state index contributed by atoms with van der Waals surface area (Å²) >= 11 is 0. The number of nitrogens with zero attached hydrogens (tertiary/aromatic N) is 3. The third kappa shape index (κ3) is 4.31. The van der Waals surface area contributed by atoms with Gasteiger partial charge in [-0.15, -0.1) is 41.0 Å². The maximum absolute atomic E-state index is 4.55. The summed E-state index contributed by atoms with van der Waals surface area (Å²) in [6, 6.07) is 15.7. The largest absolute Gasteiger partial charge is 0.320 e. The minimum atomic E-state index is 0. The number of hydrogen-bond acceptors (Lipinski definition) is 2. The number of aryl methyl sites for hydroxylation is 3. The van der Waals surface area contributed by atoms with Crippen molar-refractivity contribution in [2.45, 2.75) is 48.0 Å². The molecule has 0 N–H and O–H groups in total. The topological polar surface area (TPSA) is 30.7 Å². The van der Waals surface area contributed by atoms with Crippen molar-refractivity contribution < 1.29 is 20.1 Å². The van der Waals surface area contributed by atoms with Gasteiger partial charge in [0.1, 0.15) is 5.82 Å². The molecule has 139 valence electrons. The van der Waals surface area contributed by atoms with E-state index in [9.17, 15) is 0 Å². The third-order valence-corrected chi connectivity index (χ3v) is 4.23. The first kappa shape index (κ1) is 20.5. The van der Waals surface area contributed by atoms with E-state index < -0.39 is 0 Å². The predicted molar refractivity (Wildman–Crippen MR) is 103 cm³/mol. The quantitative estimate of drug-likeness (QED) is 0.439. The standard InChI is InChI=1S/C22H26N3.Ir/c1-15-12-16(2)20(17(3)13-15)25-19(14-22(4,5)6)23-24-21(25)18-10-8-7-9-11-18;/h7-10,12-13H,14H2,1-6H3;/q-1;. The summed E-state index contributed by atoms with van der Waals surface area (Å²) in [6.07, 6.45) is 0.861. The van der Waals surface area contributed by atoms with Crippen molar-refractivity contribution in [1.29, 1.82) is 0 Å². The van der Waals surface area contributed by atoms with E-state index in [0.717, 1.165) is 23.6 Å². The fourth-order valence-corrected chi connectivity index (χ4v) is 3.37. The first-order valence-electron chi connectivity index (χ1n) is 8.76. The molecule has 0 amide bonds. The Balaban J connectivity index is 0.00000243. The summed E-state index contributed by atoms with van der Waals surface area (Å²) in [5.41, 5.74) is 6.04. The van der Waals surface area contributed by atoms with E-state index in [4.69, 9.17) is 0 Å². The zero-order chi connectivity index (χ0) is 18.2. The predicted octanol–water partition coefficient (Wildman–Crippen LogP) is 5.25. The molecule has 1 aromatic heterocycles. The number of aromatic nitrogens is 3. The fourth-order valence-electron chi connectivity index (χ4n) is 3.37. The Morgan fingerprint density at radius 2 is 1.65 bits per heavy atom. The van der Waals surface area contributed by atoms with Crippen LogP contribution in [0.25, 0.3) is 17.1 Å². The molecule has 1 radical (unpaired) electrons. The molecule has 0 spiro atoms. The molecule has 0 fully saturated rings. The molecule has 0 saturated carbocycles. The van der Waals surface area contributed by atoms with Gasteiger partial charge in [-0.2, -0.15) is 5.10 Å². The van der Waals surface area contributed by atoms with Gasteiger partial charge in [0.2, 0.25) is 0 Å². The van der Waals surface area contributed by atoms with Crippen LogP contribution in [0.5, 0.6) is 0 Å². The van der Waals surface area contributed by atoms with Crippen LogP contribution in [0.4, 0.5) is 0 Å². The molecule has 3 aromatic rings. The average molecular weight is 525 g/mol. The molecular weight excluding hydrogens is 498 g/mol. The summed E-state index contributed by atoms with van der Waals surface area (Å²) in [5, 5.41) is 9.09. The van der Waals surface area contributed by atoms with Gasteiger partial charge in [0.05, 0.1) is 5.82 Å². The summed E-state index contributed by atoms with van der Waals surface area (Å²) in [6.45, 7) is 13.2. The molecule has 0 bridgehead atoms. The molecule has 3 rings (SSSR count). The third-order valence-electron chi connectivity index (χ3n) is 4.23. The van der Waals surface area contributed by atoms with Crippen molar-refractivity contribution in [3.8, 4) is 17.1 Å². The van der Waals surface area contributed by atoms with Crippen LogP contribution in [0.15, 0.2) is 36.4 Å². The average Bonchev–Trinajstić information content (AvgIpc) is 2.89. The molecule has 0 aliphatic carbocycles. The van der Waals surface area contributed by atoms with Crippen LogP contribution in [0.2, 0.25) is 0 Å². The second kappa shape index (κ2) is 7.85. The van der Waals surface area contributed by atoms with Crippen LogP contribution in [0.1, 0.15) is 43.3 Å². The van der Waals surface area contributed by atoms with Gasteiger partial charge in [-0.05, 0) is 37.3 Å². The van der Waals surface area contributed by atoms with Crippen LogP contribution in [-0.4, -0.2) is 14.8 Å².